The number of benzene rings is 2. The summed E-state index contributed by atoms with van der Waals surface area (Å²) in [6.07, 6.45) is -0.682. The summed E-state index contributed by atoms with van der Waals surface area (Å²) in [5, 5.41) is 56.5. The number of carbonyl (C=O) groups excluding carboxylic acids is 5. The van der Waals surface area contributed by atoms with Crippen LogP contribution >= 0.6 is 7.82 Å². The summed E-state index contributed by atoms with van der Waals surface area (Å²) in [7, 11) is -5.22. The van der Waals surface area contributed by atoms with E-state index in [1.165, 1.54) is 0 Å². The normalized spacial score (nSPS) is 13.4. The molecule has 2 rings (SSSR count). The van der Waals surface area contributed by atoms with Gasteiger partial charge < -0.3 is 63.4 Å². The number of phosphoric acid groups is 1. The molecule has 0 aliphatic rings. The molecule has 2 aromatic carbocycles. The fourth-order valence-corrected chi connectivity index (χ4v) is 5.75. The first-order valence-corrected chi connectivity index (χ1v) is 16.0. The van der Waals surface area contributed by atoms with Gasteiger partial charge >= 0.3 is 0 Å². The van der Waals surface area contributed by atoms with Gasteiger partial charge in [-0.25, -0.2) is 0 Å². The van der Waals surface area contributed by atoms with Crippen molar-refractivity contribution in [3.8, 4) is 0 Å². The number of carboxylic acids is 5. The molecule has 0 N–H and O–H groups in total. The Balaban J connectivity index is 2.36. The number of nitrogens with zero attached hydrogens (tertiary/aromatic N) is 3. The number of hydrogen-bond donors (Lipinski definition) is 0. The van der Waals surface area contributed by atoms with Crippen LogP contribution in [0.15, 0.2) is 60.7 Å². The monoisotopic (exact) mass is 691 g/mol. The van der Waals surface area contributed by atoms with Crippen LogP contribution in [0, 0.1) is 0 Å². The molecule has 0 amide bonds. The third-order valence-electron chi connectivity index (χ3n) is 6.75. The molecule has 0 saturated carbocycles. The minimum atomic E-state index is -5.22. The molecule has 0 saturated heterocycles. The molecule has 264 valence electrons. The van der Waals surface area contributed by atoms with E-state index >= 15 is 0 Å². The van der Waals surface area contributed by atoms with Crippen LogP contribution in [0.25, 0.3) is 0 Å². The Morgan fingerprint density at radius 3 is 1.46 bits per heavy atom. The van der Waals surface area contributed by atoms with Crippen molar-refractivity contribution in [3.63, 3.8) is 0 Å². The van der Waals surface area contributed by atoms with Crippen molar-refractivity contribution in [2.45, 2.75) is 25.0 Å². The standard InChI is InChI=1S/C30H40N3O14P/c34-26(35)16-31(17-27(36)37)11-12-33(20-30(42)43)24(15-32(18-28(38)39)19-29(40)41)21-46-48(44,45)47-25(13-22-7-3-1-4-8-22)14-23-9-5-2-6-10-23/h1-10,24-25H,11-21H2,(H,34,35)(H,36,37)(H,38,39)(H,40,41)(H,42,43)(H,44,45)/p-6. The maximum absolute atomic E-state index is 13.2. The molecule has 0 aliphatic carbocycles. The Morgan fingerprint density at radius 2 is 1.04 bits per heavy atom. The van der Waals surface area contributed by atoms with Crippen molar-refractivity contribution >= 4 is 37.7 Å². The minimum absolute atomic E-state index is 0.142. The zero-order valence-electron chi connectivity index (χ0n) is 25.7. The Hall–Kier alpha value is -4.22. The summed E-state index contributed by atoms with van der Waals surface area (Å²) in [4.78, 5) is 72.3. The highest BCUT2D eigenvalue weighted by Crippen LogP contribution is 2.41. The van der Waals surface area contributed by atoms with Gasteiger partial charge in [0.15, 0.2) is 0 Å². The van der Waals surface area contributed by atoms with Gasteiger partial charge in [-0.05, 0) is 24.0 Å². The van der Waals surface area contributed by atoms with Gasteiger partial charge in [-0.1, -0.05) is 60.7 Å². The van der Waals surface area contributed by atoms with E-state index in [4.69, 9.17) is 9.05 Å². The van der Waals surface area contributed by atoms with Gasteiger partial charge in [0.05, 0.1) is 42.6 Å². The molecule has 2 aromatic rings. The highest BCUT2D eigenvalue weighted by Gasteiger charge is 2.27. The lowest BCUT2D eigenvalue weighted by atomic mass is 10.0. The molecule has 2 unspecified atom stereocenters. The topological polar surface area (TPSA) is 269 Å². The number of phosphoric ester groups is 1. The van der Waals surface area contributed by atoms with Crippen molar-refractivity contribution in [3.05, 3.63) is 71.8 Å². The second-order valence-electron chi connectivity index (χ2n) is 10.7. The first-order valence-electron chi connectivity index (χ1n) is 14.5. The molecule has 0 bridgehead atoms. The lowest BCUT2D eigenvalue weighted by Gasteiger charge is -2.38. The first kappa shape index (κ1) is 40.0. The molecule has 2 atom stereocenters. The Kier molecular flexibility index (Phi) is 16.8. The van der Waals surface area contributed by atoms with Crippen LogP contribution in [0.5, 0.6) is 0 Å². The highest BCUT2D eigenvalue weighted by molar-refractivity contribution is 7.45. The maximum Gasteiger partial charge on any atom is 0.268 e. The summed E-state index contributed by atoms with van der Waals surface area (Å²) in [6.45, 7) is -7.23. The predicted molar refractivity (Wildman–Crippen MR) is 152 cm³/mol. The summed E-state index contributed by atoms with van der Waals surface area (Å²) in [6, 6.07) is 16.2. The number of carboxylic acid groups (broad SMARTS) is 5. The van der Waals surface area contributed by atoms with Gasteiger partial charge in [-0.15, -0.1) is 0 Å². The largest absolute Gasteiger partial charge is 0.756 e. The van der Waals surface area contributed by atoms with Crippen molar-refractivity contribution in [2.24, 2.45) is 0 Å². The molecule has 0 heterocycles. The number of carbonyl (C=O) groups is 5. The summed E-state index contributed by atoms with van der Waals surface area (Å²) in [5.41, 5.74) is 1.49. The summed E-state index contributed by atoms with van der Waals surface area (Å²) >= 11 is 0. The van der Waals surface area contributed by atoms with Gasteiger partial charge in [-0.2, -0.15) is 0 Å². The fraction of sp³-hybridized carbons (Fsp3) is 0.433. The van der Waals surface area contributed by atoms with E-state index in [9.17, 15) is 59.0 Å². The van der Waals surface area contributed by atoms with Gasteiger partial charge in [-0.3, -0.25) is 19.3 Å². The second kappa shape index (κ2) is 20.2. The van der Waals surface area contributed by atoms with Crippen molar-refractivity contribution in [1.29, 1.82) is 0 Å². The number of aliphatic carboxylic acids is 5. The van der Waals surface area contributed by atoms with Crippen LogP contribution in [0.3, 0.4) is 0 Å². The van der Waals surface area contributed by atoms with Crippen molar-refractivity contribution in [1.82, 2.24) is 14.7 Å². The third kappa shape index (κ3) is 17.1. The van der Waals surface area contributed by atoms with Crippen molar-refractivity contribution in [2.75, 3.05) is 59.0 Å². The van der Waals surface area contributed by atoms with Crippen LogP contribution in [-0.2, 0) is 50.4 Å². The lowest BCUT2D eigenvalue weighted by molar-refractivity contribution is -0.312. The van der Waals surface area contributed by atoms with E-state index in [0.717, 1.165) is 25.8 Å². The van der Waals surface area contributed by atoms with Crippen LogP contribution in [0.2, 0.25) is 0 Å². The average Bonchev–Trinajstić information content (AvgIpc) is 2.96. The fourth-order valence-electron chi connectivity index (χ4n) is 4.82. The highest BCUT2D eigenvalue weighted by atomic mass is 31.2. The van der Waals surface area contributed by atoms with E-state index in [-0.39, 0.29) is 12.8 Å². The van der Waals surface area contributed by atoms with E-state index in [0.29, 0.717) is 0 Å². The molecule has 48 heavy (non-hydrogen) atoms. The SMILES string of the molecule is O=C([O-])CN(CCN(CC(=O)[O-])C(COP(=O)([O-])OC(Cc1ccccc1)Cc1ccccc1)CN(CC(=O)[O-])CC(=O)[O-])CC(=O)[O-]. The third-order valence-corrected chi connectivity index (χ3v) is 7.77. The molecule has 18 heteroatoms. The molecule has 0 spiro atoms. The first-order chi connectivity index (χ1) is 22.6. The number of hydrogen-bond acceptors (Lipinski definition) is 17. The lowest BCUT2D eigenvalue weighted by Crippen LogP contribution is -2.55. The molecular formula is C30H34N3O14P-6. The van der Waals surface area contributed by atoms with E-state index in [2.05, 4.69) is 0 Å². The molecule has 0 fully saturated rings. The molecule has 0 aromatic heterocycles. The van der Waals surface area contributed by atoms with Gasteiger partial charge in [0.25, 0.3) is 7.82 Å². The van der Waals surface area contributed by atoms with Gasteiger partial charge in [0.2, 0.25) is 0 Å². The molecule has 17 nitrogen and oxygen atoms in total. The van der Waals surface area contributed by atoms with Gasteiger partial charge in [0, 0.05) is 58.4 Å². The smallest absolute Gasteiger partial charge is 0.268 e. The van der Waals surface area contributed by atoms with E-state index < -0.39 is 109 Å². The van der Waals surface area contributed by atoms with E-state index in [1.807, 2.05) is 0 Å². The Bertz CT molecular complexity index is 1320. The second-order valence-corrected chi connectivity index (χ2v) is 12.1. The molecule has 0 aliphatic heterocycles. The number of rotatable bonds is 25. The quantitative estimate of drug-likeness (QED) is 0.0875. The Labute approximate surface area is 276 Å². The van der Waals surface area contributed by atoms with Crippen LogP contribution in [0.1, 0.15) is 11.1 Å². The Morgan fingerprint density at radius 1 is 0.625 bits per heavy atom. The zero-order valence-corrected chi connectivity index (χ0v) is 26.6. The van der Waals surface area contributed by atoms with Crippen LogP contribution in [-0.4, -0.2) is 116 Å². The summed E-state index contributed by atoms with van der Waals surface area (Å²) in [5.74, 6) is -8.49. The average molecular weight is 692 g/mol. The van der Waals surface area contributed by atoms with Gasteiger partial charge in [0.1, 0.15) is 0 Å². The predicted octanol–water partition coefficient (Wildman–Crippen LogP) is -6.63. The summed E-state index contributed by atoms with van der Waals surface area (Å²) < 4.78 is 23.8. The molecular weight excluding hydrogens is 657 g/mol. The minimum Gasteiger partial charge on any atom is -0.756 e. The zero-order chi connectivity index (χ0) is 35.7. The molecule has 0 radical (unpaired) electrons. The maximum atomic E-state index is 13.2. The van der Waals surface area contributed by atoms with E-state index in [1.54, 1.807) is 60.7 Å². The van der Waals surface area contributed by atoms with Crippen molar-refractivity contribution < 1.29 is 68.0 Å². The van der Waals surface area contributed by atoms with Crippen LogP contribution in [0.4, 0.5) is 0 Å². The van der Waals surface area contributed by atoms with Crippen LogP contribution < -0.4 is 30.4 Å².